The predicted octanol–water partition coefficient (Wildman–Crippen LogP) is 2.98. The van der Waals surface area contributed by atoms with Crippen LogP contribution in [-0.2, 0) is 0 Å². The van der Waals surface area contributed by atoms with E-state index in [1.54, 1.807) is 18.2 Å². The molecule has 20 heavy (non-hydrogen) atoms. The zero-order valence-corrected chi connectivity index (χ0v) is 12.3. The minimum Gasteiger partial charge on any atom is -0.488 e. The summed E-state index contributed by atoms with van der Waals surface area (Å²) in [6.07, 6.45) is 4.73. The van der Waals surface area contributed by atoms with E-state index in [0.29, 0.717) is 23.5 Å². The summed E-state index contributed by atoms with van der Waals surface area (Å²) < 4.78 is 6.00. The molecule has 0 atom stereocenters. The number of hydrogen-bond donors (Lipinski definition) is 2. The van der Waals surface area contributed by atoms with Crippen LogP contribution in [-0.4, -0.2) is 18.6 Å². The normalized spacial score (nSPS) is 22.3. The van der Waals surface area contributed by atoms with Crippen LogP contribution in [0.4, 0.5) is 5.69 Å². The third kappa shape index (κ3) is 3.65. The lowest BCUT2D eigenvalue weighted by atomic mass is 9.89. The molecule has 1 amide bonds. The van der Waals surface area contributed by atoms with Crippen LogP contribution in [0.15, 0.2) is 18.2 Å². The van der Waals surface area contributed by atoms with Gasteiger partial charge in [0.05, 0.1) is 11.8 Å². The fourth-order valence-electron chi connectivity index (χ4n) is 2.57. The highest BCUT2D eigenvalue weighted by molar-refractivity contribution is 5.95. The predicted molar refractivity (Wildman–Crippen MR) is 80.9 cm³/mol. The first-order valence-corrected chi connectivity index (χ1v) is 7.44. The number of amides is 1. The van der Waals surface area contributed by atoms with Crippen LogP contribution in [0, 0.1) is 5.92 Å². The monoisotopic (exact) mass is 276 g/mol. The van der Waals surface area contributed by atoms with E-state index in [4.69, 9.17) is 10.5 Å². The molecule has 0 radical (unpaired) electrons. The van der Waals surface area contributed by atoms with E-state index in [2.05, 4.69) is 12.2 Å². The van der Waals surface area contributed by atoms with Crippen LogP contribution < -0.4 is 15.8 Å². The summed E-state index contributed by atoms with van der Waals surface area (Å²) in [6.45, 7) is 4.79. The second-order valence-corrected chi connectivity index (χ2v) is 5.61. The van der Waals surface area contributed by atoms with Crippen LogP contribution in [0.2, 0.25) is 0 Å². The lowest BCUT2D eigenvalue weighted by molar-refractivity contribution is 0.0954. The second kappa shape index (κ2) is 6.64. The number of nitrogens with one attached hydrogen (secondary N) is 1. The Hall–Kier alpha value is -1.71. The molecular formula is C16H24N2O2. The SMILES string of the molecule is CCNC(=O)c1ccc(N)c(OC2CCC(C)CC2)c1. The van der Waals surface area contributed by atoms with Crippen molar-refractivity contribution < 1.29 is 9.53 Å². The number of benzene rings is 1. The van der Waals surface area contributed by atoms with E-state index in [1.807, 2.05) is 6.92 Å². The molecule has 0 aromatic heterocycles. The van der Waals surface area contributed by atoms with E-state index < -0.39 is 0 Å². The van der Waals surface area contributed by atoms with E-state index in [-0.39, 0.29) is 12.0 Å². The summed E-state index contributed by atoms with van der Waals surface area (Å²) in [6, 6.07) is 5.22. The van der Waals surface area contributed by atoms with Gasteiger partial charge in [0.2, 0.25) is 0 Å². The number of ether oxygens (including phenoxy) is 1. The lowest BCUT2D eigenvalue weighted by Crippen LogP contribution is -2.24. The maximum absolute atomic E-state index is 11.8. The maximum atomic E-state index is 11.8. The standard InChI is InChI=1S/C16H24N2O2/c1-3-18-16(19)12-6-9-14(17)15(10-12)20-13-7-4-11(2)5-8-13/h6,9-11,13H,3-5,7-8,17H2,1-2H3,(H,18,19). The van der Waals surface area contributed by atoms with Crippen molar-refractivity contribution >= 4 is 11.6 Å². The third-order valence-corrected chi connectivity index (χ3v) is 3.87. The lowest BCUT2D eigenvalue weighted by Gasteiger charge is -2.27. The summed E-state index contributed by atoms with van der Waals surface area (Å²) in [7, 11) is 0. The van der Waals surface area contributed by atoms with Crippen molar-refractivity contribution in [3.63, 3.8) is 0 Å². The van der Waals surface area contributed by atoms with Crippen molar-refractivity contribution in [2.75, 3.05) is 12.3 Å². The highest BCUT2D eigenvalue weighted by Gasteiger charge is 2.20. The Morgan fingerprint density at radius 2 is 2.05 bits per heavy atom. The first-order valence-electron chi connectivity index (χ1n) is 7.44. The van der Waals surface area contributed by atoms with Crippen LogP contribution in [0.1, 0.15) is 49.9 Å². The molecule has 0 unspecified atom stereocenters. The minimum atomic E-state index is -0.0883. The Bertz CT molecular complexity index is 466. The zero-order chi connectivity index (χ0) is 14.5. The Balaban J connectivity index is 2.06. The molecule has 1 aromatic rings. The van der Waals surface area contributed by atoms with Crippen molar-refractivity contribution in [3.05, 3.63) is 23.8 Å². The van der Waals surface area contributed by atoms with Crippen molar-refractivity contribution in [2.45, 2.75) is 45.6 Å². The van der Waals surface area contributed by atoms with Gasteiger partial charge in [-0.05, 0) is 56.7 Å². The number of carbonyl (C=O) groups excluding carboxylic acids is 1. The van der Waals surface area contributed by atoms with Gasteiger partial charge in [0.1, 0.15) is 5.75 Å². The summed E-state index contributed by atoms with van der Waals surface area (Å²) in [5.41, 5.74) is 7.14. The molecule has 0 bridgehead atoms. The largest absolute Gasteiger partial charge is 0.488 e. The Labute approximate surface area is 120 Å². The summed E-state index contributed by atoms with van der Waals surface area (Å²) >= 11 is 0. The Morgan fingerprint density at radius 1 is 1.35 bits per heavy atom. The van der Waals surface area contributed by atoms with E-state index >= 15 is 0 Å². The molecule has 2 rings (SSSR count). The number of rotatable bonds is 4. The number of hydrogen-bond acceptors (Lipinski definition) is 3. The number of anilines is 1. The third-order valence-electron chi connectivity index (χ3n) is 3.87. The molecule has 0 heterocycles. The van der Waals surface area contributed by atoms with Gasteiger partial charge in [0.25, 0.3) is 5.91 Å². The van der Waals surface area contributed by atoms with Gasteiger partial charge in [0, 0.05) is 12.1 Å². The summed E-state index contributed by atoms with van der Waals surface area (Å²) in [4.78, 5) is 11.8. The van der Waals surface area contributed by atoms with Crippen molar-refractivity contribution in [1.29, 1.82) is 0 Å². The number of nitrogens with two attached hydrogens (primary N) is 1. The van der Waals surface area contributed by atoms with Gasteiger partial charge in [-0.15, -0.1) is 0 Å². The molecule has 4 nitrogen and oxygen atoms in total. The molecule has 1 fully saturated rings. The summed E-state index contributed by atoms with van der Waals surface area (Å²) in [5, 5.41) is 2.78. The number of nitrogen functional groups attached to an aromatic ring is 1. The number of carbonyl (C=O) groups is 1. The first-order chi connectivity index (χ1) is 9.60. The van der Waals surface area contributed by atoms with Gasteiger partial charge in [-0.2, -0.15) is 0 Å². The van der Waals surface area contributed by atoms with Crippen LogP contribution in [0.5, 0.6) is 5.75 Å². The van der Waals surface area contributed by atoms with Crippen LogP contribution >= 0.6 is 0 Å². The molecule has 1 aliphatic rings. The smallest absolute Gasteiger partial charge is 0.251 e. The Morgan fingerprint density at radius 3 is 2.70 bits per heavy atom. The van der Waals surface area contributed by atoms with Gasteiger partial charge in [-0.3, -0.25) is 4.79 Å². The van der Waals surface area contributed by atoms with Crippen LogP contribution in [0.25, 0.3) is 0 Å². The van der Waals surface area contributed by atoms with Crippen LogP contribution in [0.3, 0.4) is 0 Å². The second-order valence-electron chi connectivity index (χ2n) is 5.61. The molecule has 110 valence electrons. The molecule has 1 saturated carbocycles. The fourth-order valence-corrected chi connectivity index (χ4v) is 2.57. The zero-order valence-electron chi connectivity index (χ0n) is 12.3. The minimum absolute atomic E-state index is 0.0883. The molecule has 0 saturated heterocycles. The summed E-state index contributed by atoms with van der Waals surface area (Å²) in [5.74, 6) is 1.33. The van der Waals surface area contributed by atoms with Crippen molar-refractivity contribution in [3.8, 4) is 5.75 Å². The van der Waals surface area contributed by atoms with E-state index in [9.17, 15) is 4.79 Å². The van der Waals surface area contributed by atoms with Gasteiger partial charge >= 0.3 is 0 Å². The molecule has 0 aliphatic heterocycles. The topological polar surface area (TPSA) is 64.4 Å². The van der Waals surface area contributed by atoms with Crippen molar-refractivity contribution in [1.82, 2.24) is 5.32 Å². The Kier molecular flexibility index (Phi) is 4.88. The molecule has 1 aromatic carbocycles. The average Bonchev–Trinajstić information content (AvgIpc) is 2.44. The molecule has 4 heteroatoms. The molecule has 0 spiro atoms. The maximum Gasteiger partial charge on any atom is 0.251 e. The quantitative estimate of drug-likeness (QED) is 0.831. The van der Waals surface area contributed by atoms with Gasteiger partial charge in [0.15, 0.2) is 0 Å². The molecule has 1 aliphatic carbocycles. The van der Waals surface area contributed by atoms with Crippen molar-refractivity contribution in [2.24, 2.45) is 5.92 Å². The highest BCUT2D eigenvalue weighted by atomic mass is 16.5. The average molecular weight is 276 g/mol. The highest BCUT2D eigenvalue weighted by Crippen LogP contribution is 2.30. The molecule has 3 N–H and O–H groups in total. The first kappa shape index (κ1) is 14.7. The van der Waals surface area contributed by atoms with E-state index in [0.717, 1.165) is 18.8 Å². The fraction of sp³-hybridized carbons (Fsp3) is 0.562. The molecular weight excluding hydrogens is 252 g/mol. The van der Waals surface area contributed by atoms with E-state index in [1.165, 1.54) is 12.8 Å². The van der Waals surface area contributed by atoms with Gasteiger partial charge in [-0.1, -0.05) is 6.92 Å². The van der Waals surface area contributed by atoms with Gasteiger partial charge in [-0.25, -0.2) is 0 Å². The van der Waals surface area contributed by atoms with Gasteiger partial charge < -0.3 is 15.8 Å².